The molecule has 0 fully saturated rings. The minimum absolute atomic E-state index is 0.00567. The van der Waals surface area contributed by atoms with Crippen molar-refractivity contribution in [2.45, 2.75) is 65.4 Å². The highest BCUT2D eigenvalue weighted by atomic mass is 16.5. The first kappa shape index (κ1) is 18.7. The van der Waals surface area contributed by atoms with E-state index >= 15 is 0 Å². The fraction of sp³-hybridized carbons (Fsp3) is 0.524. The molecule has 1 rings (SSSR count). The van der Waals surface area contributed by atoms with E-state index < -0.39 is 0 Å². The summed E-state index contributed by atoms with van der Waals surface area (Å²) in [6.07, 6.45) is 9.93. The summed E-state index contributed by atoms with van der Waals surface area (Å²) in [6, 6.07) is 8.81. The predicted molar refractivity (Wildman–Crippen MR) is 98.3 cm³/mol. The van der Waals surface area contributed by atoms with Crippen LogP contribution in [0.4, 0.5) is 0 Å². The van der Waals surface area contributed by atoms with Gasteiger partial charge in [-0.25, -0.2) is 0 Å². The topological polar surface area (TPSA) is 9.23 Å². The van der Waals surface area contributed by atoms with E-state index in [0.717, 1.165) is 12.8 Å². The largest absolute Gasteiger partial charge is 0.379 e. The number of rotatable bonds is 8. The summed E-state index contributed by atoms with van der Waals surface area (Å²) in [5.74, 6) is 0.594. The Morgan fingerprint density at radius 2 is 1.82 bits per heavy atom. The van der Waals surface area contributed by atoms with E-state index in [1.807, 2.05) is 0 Å². The van der Waals surface area contributed by atoms with E-state index in [-0.39, 0.29) is 5.60 Å². The van der Waals surface area contributed by atoms with E-state index in [1.54, 1.807) is 7.11 Å². The van der Waals surface area contributed by atoms with Gasteiger partial charge in [-0.1, -0.05) is 61.9 Å². The van der Waals surface area contributed by atoms with E-state index in [0.29, 0.717) is 5.92 Å². The molecule has 0 saturated heterocycles. The van der Waals surface area contributed by atoms with Gasteiger partial charge in [-0.2, -0.15) is 0 Å². The van der Waals surface area contributed by atoms with Gasteiger partial charge in [0.05, 0.1) is 5.60 Å². The van der Waals surface area contributed by atoms with Crippen LogP contribution in [0, 0.1) is 0 Å². The Labute approximate surface area is 137 Å². The first-order valence-corrected chi connectivity index (χ1v) is 8.33. The van der Waals surface area contributed by atoms with Crippen molar-refractivity contribution in [1.82, 2.24) is 0 Å². The van der Waals surface area contributed by atoms with Crippen LogP contribution in [0.25, 0.3) is 6.08 Å². The molecule has 1 aromatic rings. The molecule has 0 unspecified atom stereocenters. The Morgan fingerprint density at radius 3 is 2.36 bits per heavy atom. The van der Waals surface area contributed by atoms with Crippen molar-refractivity contribution in [2.24, 2.45) is 0 Å². The number of hydrogen-bond donors (Lipinski definition) is 0. The molecule has 1 aromatic carbocycles. The Hall–Kier alpha value is -1.34. The minimum Gasteiger partial charge on any atom is -0.379 e. The first-order valence-electron chi connectivity index (χ1n) is 8.33. The molecule has 0 spiro atoms. The quantitative estimate of drug-likeness (QED) is 0.507. The molecular weight excluding hydrogens is 268 g/mol. The summed E-state index contributed by atoms with van der Waals surface area (Å²) in [6.45, 7) is 10.9. The highest BCUT2D eigenvalue weighted by Crippen LogP contribution is 2.19. The maximum atomic E-state index is 5.45. The lowest BCUT2D eigenvalue weighted by molar-refractivity contribution is 0.0140. The van der Waals surface area contributed by atoms with Crippen molar-refractivity contribution < 1.29 is 4.74 Å². The van der Waals surface area contributed by atoms with Gasteiger partial charge in [-0.3, -0.25) is 0 Å². The van der Waals surface area contributed by atoms with Crippen LogP contribution in [-0.4, -0.2) is 12.7 Å². The van der Waals surface area contributed by atoms with Crippen LogP contribution >= 0.6 is 0 Å². The molecule has 0 N–H and O–H groups in total. The number of benzene rings is 1. The van der Waals surface area contributed by atoms with E-state index in [4.69, 9.17) is 4.74 Å². The molecule has 22 heavy (non-hydrogen) atoms. The van der Waals surface area contributed by atoms with Gasteiger partial charge >= 0.3 is 0 Å². The normalized spacial score (nSPS) is 13.3. The molecule has 0 aliphatic heterocycles. The van der Waals surface area contributed by atoms with Crippen LogP contribution in [0.1, 0.15) is 70.9 Å². The first-order chi connectivity index (χ1) is 10.3. The van der Waals surface area contributed by atoms with Gasteiger partial charge in [0.1, 0.15) is 0 Å². The van der Waals surface area contributed by atoms with Gasteiger partial charge in [0.25, 0.3) is 0 Å². The zero-order valence-corrected chi connectivity index (χ0v) is 15.1. The lowest BCUT2D eigenvalue weighted by atomic mass is 9.99. The fourth-order valence-electron chi connectivity index (χ4n) is 2.29. The average molecular weight is 300 g/mol. The number of hydrogen-bond acceptors (Lipinski definition) is 1. The zero-order valence-electron chi connectivity index (χ0n) is 15.1. The summed E-state index contributed by atoms with van der Waals surface area (Å²) in [5, 5.41) is 0. The van der Waals surface area contributed by atoms with Crippen LogP contribution in [0.5, 0.6) is 0 Å². The lowest BCUT2D eigenvalue weighted by Gasteiger charge is -2.22. The number of allylic oxidation sites excluding steroid dienone is 3. The van der Waals surface area contributed by atoms with Crippen molar-refractivity contribution in [3.63, 3.8) is 0 Å². The van der Waals surface area contributed by atoms with Crippen molar-refractivity contribution in [3.8, 4) is 0 Å². The second-order valence-corrected chi connectivity index (χ2v) is 7.01. The van der Waals surface area contributed by atoms with Gasteiger partial charge in [0.2, 0.25) is 0 Å². The Balaban J connectivity index is 2.45. The zero-order chi connectivity index (χ0) is 16.6. The van der Waals surface area contributed by atoms with Crippen molar-refractivity contribution in [1.29, 1.82) is 0 Å². The summed E-state index contributed by atoms with van der Waals surface area (Å²) in [4.78, 5) is 0. The van der Waals surface area contributed by atoms with Crippen molar-refractivity contribution in [2.75, 3.05) is 7.11 Å². The highest BCUT2D eigenvalue weighted by Gasteiger charge is 2.14. The van der Waals surface area contributed by atoms with Gasteiger partial charge < -0.3 is 4.74 Å². The minimum atomic E-state index is -0.00567. The molecule has 0 aliphatic rings. The Kier molecular flexibility index (Phi) is 7.61. The molecule has 0 aliphatic carbocycles. The van der Waals surface area contributed by atoms with Gasteiger partial charge in [0.15, 0.2) is 0 Å². The molecule has 122 valence electrons. The maximum Gasteiger partial charge on any atom is 0.0622 e. The summed E-state index contributed by atoms with van der Waals surface area (Å²) in [7, 11) is 1.79. The maximum absolute atomic E-state index is 5.45. The molecule has 1 heteroatoms. The monoisotopic (exact) mass is 300 g/mol. The van der Waals surface area contributed by atoms with Crippen LogP contribution in [0.15, 0.2) is 42.0 Å². The third kappa shape index (κ3) is 7.09. The second kappa shape index (κ2) is 8.95. The van der Waals surface area contributed by atoms with E-state index in [2.05, 4.69) is 77.1 Å². The highest BCUT2D eigenvalue weighted by molar-refractivity contribution is 5.51. The van der Waals surface area contributed by atoms with Crippen LogP contribution in [0.2, 0.25) is 0 Å². The van der Waals surface area contributed by atoms with Crippen molar-refractivity contribution >= 4 is 6.08 Å². The summed E-state index contributed by atoms with van der Waals surface area (Å²) < 4.78 is 5.45. The average Bonchev–Trinajstić information content (AvgIpc) is 2.47. The molecule has 0 heterocycles. The molecule has 1 nitrogen and oxygen atoms in total. The third-order valence-corrected chi connectivity index (χ3v) is 4.18. The van der Waals surface area contributed by atoms with Crippen molar-refractivity contribution in [3.05, 3.63) is 53.1 Å². The third-order valence-electron chi connectivity index (χ3n) is 4.18. The summed E-state index contributed by atoms with van der Waals surface area (Å²) >= 11 is 0. The summed E-state index contributed by atoms with van der Waals surface area (Å²) in [5.41, 5.74) is 4.06. The molecule has 0 saturated carbocycles. The number of methoxy groups -OCH3 is 1. The van der Waals surface area contributed by atoms with E-state index in [9.17, 15) is 0 Å². The van der Waals surface area contributed by atoms with Gasteiger partial charge in [-0.05, 0) is 57.1 Å². The molecule has 0 amide bonds. The van der Waals surface area contributed by atoms with E-state index in [1.165, 1.54) is 23.1 Å². The second-order valence-electron chi connectivity index (χ2n) is 7.01. The van der Waals surface area contributed by atoms with Crippen LogP contribution in [0.3, 0.4) is 0 Å². The van der Waals surface area contributed by atoms with Crippen LogP contribution < -0.4 is 0 Å². The predicted octanol–water partition coefficient (Wildman–Crippen LogP) is 6.36. The molecule has 0 atom stereocenters. The van der Waals surface area contributed by atoms with Crippen LogP contribution in [-0.2, 0) is 4.74 Å². The number of ether oxygens (including phenoxy) is 1. The fourth-order valence-corrected chi connectivity index (χ4v) is 2.29. The Morgan fingerprint density at radius 1 is 1.18 bits per heavy atom. The molecule has 0 radical (unpaired) electrons. The van der Waals surface area contributed by atoms with Gasteiger partial charge in [0, 0.05) is 7.11 Å². The molecule has 0 aromatic heterocycles. The molecule has 0 bridgehead atoms. The SMILES string of the molecule is COC(C)(C)CCCC(C)=CC=Cc1ccc(C(C)C)cc1. The lowest BCUT2D eigenvalue weighted by Crippen LogP contribution is -2.21. The Bertz CT molecular complexity index is 489. The standard InChI is InChI=1S/C21H32O/c1-17(2)20-14-12-19(13-15-20)11-7-9-18(3)10-8-16-21(4,5)22-6/h7,9,11-15,17H,8,10,16H2,1-6H3. The smallest absolute Gasteiger partial charge is 0.0622 e. The molecular formula is C21H32O. The van der Waals surface area contributed by atoms with Gasteiger partial charge in [-0.15, -0.1) is 0 Å².